The van der Waals surface area contributed by atoms with Crippen LogP contribution >= 0.6 is 11.8 Å². The molecular weight excluding hydrogens is 394 g/mol. The van der Waals surface area contributed by atoms with E-state index in [4.69, 9.17) is 0 Å². The standard InChI is InChI=1S/C20H31N3O3S2/c1-21(2)15-18-16-27-14-6-13-23(18)20(24)17-7-9-19(10-8-17)28(25,26)22-11-4-3-5-12-22/h7-10,18H,3-6,11-16H2,1-2H3. The number of sulfonamides is 1. The van der Waals surface area contributed by atoms with Gasteiger partial charge in [0.15, 0.2) is 0 Å². The van der Waals surface area contributed by atoms with Gasteiger partial charge in [-0.15, -0.1) is 0 Å². The van der Waals surface area contributed by atoms with E-state index < -0.39 is 10.0 Å². The van der Waals surface area contributed by atoms with Crippen LogP contribution in [-0.2, 0) is 10.0 Å². The highest BCUT2D eigenvalue weighted by Gasteiger charge is 2.29. The van der Waals surface area contributed by atoms with Gasteiger partial charge in [0.25, 0.3) is 5.91 Å². The minimum Gasteiger partial charge on any atom is -0.334 e. The Balaban J connectivity index is 1.76. The van der Waals surface area contributed by atoms with Crippen LogP contribution in [0.25, 0.3) is 0 Å². The third-order valence-corrected chi connectivity index (χ3v) is 8.44. The first kappa shape index (κ1) is 21.6. The molecule has 28 heavy (non-hydrogen) atoms. The summed E-state index contributed by atoms with van der Waals surface area (Å²) in [6.07, 6.45) is 3.90. The quantitative estimate of drug-likeness (QED) is 0.725. The Morgan fingerprint density at radius 2 is 1.75 bits per heavy atom. The van der Waals surface area contributed by atoms with E-state index in [0.29, 0.717) is 18.7 Å². The van der Waals surface area contributed by atoms with Crippen molar-refractivity contribution < 1.29 is 13.2 Å². The summed E-state index contributed by atoms with van der Waals surface area (Å²) in [6, 6.07) is 6.69. The summed E-state index contributed by atoms with van der Waals surface area (Å²) < 4.78 is 27.2. The van der Waals surface area contributed by atoms with Crippen LogP contribution in [0, 0.1) is 0 Å². The van der Waals surface area contributed by atoms with Crippen LogP contribution < -0.4 is 0 Å². The van der Waals surface area contributed by atoms with E-state index in [1.807, 2.05) is 30.8 Å². The summed E-state index contributed by atoms with van der Waals surface area (Å²) in [4.78, 5) is 17.5. The van der Waals surface area contributed by atoms with Gasteiger partial charge in [0.2, 0.25) is 10.0 Å². The SMILES string of the molecule is CN(C)CC1CSCCCN1C(=O)c1ccc(S(=O)(=O)N2CCCCC2)cc1. The molecule has 0 spiro atoms. The van der Waals surface area contributed by atoms with Crippen LogP contribution in [0.15, 0.2) is 29.2 Å². The Morgan fingerprint density at radius 3 is 2.39 bits per heavy atom. The highest BCUT2D eigenvalue weighted by Crippen LogP contribution is 2.23. The van der Waals surface area contributed by atoms with E-state index in [9.17, 15) is 13.2 Å². The van der Waals surface area contributed by atoms with E-state index in [1.54, 1.807) is 28.6 Å². The zero-order valence-corrected chi connectivity index (χ0v) is 18.5. The first-order chi connectivity index (χ1) is 13.4. The molecule has 6 nitrogen and oxygen atoms in total. The molecule has 0 saturated carbocycles. The molecule has 0 N–H and O–H groups in total. The van der Waals surface area contributed by atoms with Crippen molar-refractivity contribution in [2.75, 3.05) is 51.8 Å². The molecule has 3 rings (SSSR count). The highest BCUT2D eigenvalue weighted by atomic mass is 32.2. The zero-order valence-electron chi connectivity index (χ0n) is 16.8. The number of carbonyl (C=O) groups excluding carboxylic acids is 1. The second-order valence-corrected chi connectivity index (χ2v) is 10.9. The molecule has 1 aromatic carbocycles. The molecule has 156 valence electrons. The molecule has 0 bridgehead atoms. The molecule has 1 amide bonds. The van der Waals surface area contributed by atoms with Gasteiger partial charge in [-0.1, -0.05) is 6.42 Å². The van der Waals surface area contributed by atoms with Gasteiger partial charge in [-0.25, -0.2) is 8.42 Å². The zero-order chi connectivity index (χ0) is 20.1. The van der Waals surface area contributed by atoms with Crippen LogP contribution in [0.2, 0.25) is 0 Å². The van der Waals surface area contributed by atoms with Gasteiger partial charge >= 0.3 is 0 Å². The number of nitrogens with zero attached hydrogens (tertiary/aromatic N) is 3. The lowest BCUT2D eigenvalue weighted by atomic mass is 10.1. The van der Waals surface area contributed by atoms with Crippen molar-refractivity contribution in [3.63, 3.8) is 0 Å². The highest BCUT2D eigenvalue weighted by molar-refractivity contribution is 7.99. The van der Waals surface area contributed by atoms with E-state index in [-0.39, 0.29) is 16.8 Å². The van der Waals surface area contributed by atoms with E-state index in [0.717, 1.165) is 50.3 Å². The van der Waals surface area contributed by atoms with Gasteiger partial charge in [-0.3, -0.25) is 4.79 Å². The molecule has 0 radical (unpaired) electrons. The van der Waals surface area contributed by atoms with Crippen molar-refractivity contribution in [1.29, 1.82) is 0 Å². The Labute approximate surface area is 173 Å². The number of benzene rings is 1. The van der Waals surface area contributed by atoms with Gasteiger partial charge in [0.1, 0.15) is 0 Å². The summed E-state index contributed by atoms with van der Waals surface area (Å²) >= 11 is 1.90. The van der Waals surface area contributed by atoms with Gasteiger partial charge in [0.05, 0.1) is 10.9 Å². The second kappa shape index (κ2) is 9.61. The fraction of sp³-hybridized carbons (Fsp3) is 0.650. The van der Waals surface area contributed by atoms with Crippen molar-refractivity contribution >= 4 is 27.7 Å². The van der Waals surface area contributed by atoms with Gasteiger partial charge in [-0.05, 0) is 63.4 Å². The third kappa shape index (κ3) is 5.09. The Morgan fingerprint density at radius 1 is 1.07 bits per heavy atom. The maximum absolute atomic E-state index is 13.1. The number of piperidine rings is 1. The van der Waals surface area contributed by atoms with E-state index >= 15 is 0 Å². The molecule has 0 aliphatic carbocycles. The van der Waals surface area contributed by atoms with Crippen LogP contribution in [0.4, 0.5) is 0 Å². The Bertz CT molecular complexity index is 759. The van der Waals surface area contributed by atoms with Gasteiger partial charge in [-0.2, -0.15) is 16.1 Å². The van der Waals surface area contributed by atoms with E-state index in [1.165, 1.54) is 0 Å². The number of hydrogen-bond acceptors (Lipinski definition) is 5. The number of hydrogen-bond donors (Lipinski definition) is 0. The fourth-order valence-electron chi connectivity index (χ4n) is 3.86. The van der Waals surface area contributed by atoms with Crippen molar-refractivity contribution in [3.8, 4) is 0 Å². The first-order valence-electron chi connectivity index (χ1n) is 10.0. The lowest BCUT2D eigenvalue weighted by molar-refractivity contribution is 0.0675. The molecular formula is C20H31N3O3S2. The maximum Gasteiger partial charge on any atom is 0.254 e. The maximum atomic E-state index is 13.1. The average molecular weight is 426 g/mol. The minimum absolute atomic E-state index is 0.00345. The third-order valence-electron chi connectivity index (χ3n) is 5.33. The molecule has 2 saturated heterocycles. The summed E-state index contributed by atoms with van der Waals surface area (Å²) in [5.41, 5.74) is 0.563. The lowest BCUT2D eigenvalue weighted by Gasteiger charge is -2.32. The number of amides is 1. The number of carbonyl (C=O) groups is 1. The second-order valence-electron chi connectivity index (χ2n) is 7.83. The summed E-state index contributed by atoms with van der Waals surface area (Å²) in [5.74, 6) is 2.00. The van der Waals surface area contributed by atoms with Gasteiger partial charge < -0.3 is 9.80 Å². The molecule has 1 aromatic rings. The summed E-state index contributed by atoms with van der Waals surface area (Å²) in [5, 5.41) is 0. The van der Waals surface area contributed by atoms with Crippen molar-refractivity contribution in [2.45, 2.75) is 36.6 Å². The largest absolute Gasteiger partial charge is 0.334 e. The number of thioether (sulfide) groups is 1. The van der Waals surface area contributed by atoms with Crippen molar-refractivity contribution in [1.82, 2.24) is 14.1 Å². The summed E-state index contributed by atoms with van der Waals surface area (Å²) in [6.45, 7) is 2.75. The van der Waals surface area contributed by atoms with Crippen LogP contribution in [0.1, 0.15) is 36.0 Å². The molecule has 0 aromatic heterocycles. The molecule has 1 unspecified atom stereocenters. The lowest BCUT2D eigenvalue weighted by Crippen LogP contribution is -2.46. The number of likely N-dealkylation sites (N-methyl/N-ethyl adjacent to an activating group) is 1. The van der Waals surface area contributed by atoms with Gasteiger partial charge in [0, 0.05) is 37.5 Å². The predicted octanol–water partition coefficient (Wildman–Crippen LogP) is 2.37. The smallest absolute Gasteiger partial charge is 0.254 e. The fourth-order valence-corrected chi connectivity index (χ4v) is 6.43. The Kier molecular flexibility index (Phi) is 7.42. The predicted molar refractivity (Wildman–Crippen MR) is 114 cm³/mol. The van der Waals surface area contributed by atoms with Crippen molar-refractivity contribution in [3.05, 3.63) is 29.8 Å². The first-order valence-corrected chi connectivity index (χ1v) is 12.6. The van der Waals surface area contributed by atoms with E-state index in [2.05, 4.69) is 4.90 Å². The van der Waals surface area contributed by atoms with Crippen molar-refractivity contribution in [2.24, 2.45) is 0 Å². The Hall–Kier alpha value is -1.09. The average Bonchev–Trinajstić information content (AvgIpc) is 2.93. The molecule has 2 aliphatic rings. The molecule has 2 fully saturated rings. The van der Waals surface area contributed by atoms with Crippen LogP contribution in [0.5, 0.6) is 0 Å². The topological polar surface area (TPSA) is 60.9 Å². The molecule has 8 heteroatoms. The molecule has 2 heterocycles. The van der Waals surface area contributed by atoms with Crippen LogP contribution in [0.3, 0.4) is 0 Å². The monoisotopic (exact) mass is 425 g/mol. The van der Waals surface area contributed by atoms with Crippen LogP contribution in [-0.4, -0.2) is 86.3 Å². The normalized spacial score (nSPS) is 22.2. The summed E-state index contributed by atoms with van der Waals surface area (Å²) in [7, 11) is 0.589. The molecule has 1 atom stereocenters. The molecule has 2 aliphatic heterocycles. The number of rotatable bonds is 5. The minimum atomic E-state index is -3.46.